The molecule has 0 saturated heterocycles. The van der Waals surface area contributed by atoms with Crippen LogP contribution in [0.3, 0.4) is 0 Å². The third-order valence-corrected chi connectivity index (χ3v) is 5.22. The Kier molecular flexibility index (Phi) is 3.60. The van der Waals surface area contributed by atoms with Crippen LogP contribution in [0.2, 0.25) is 0 Å². The van der Waals surface area contributed by atoms with Gasteiger partial charge in [-0.25, -0.2) is 13.4 Å². The van der Waals surface area contributed by atoms with Crippen LogP contribution in [-0.2, 0) is 10.0 Å². The summed E-state index contributed by atoms with van der Waals surface area (Å²) in [7, 11) is -3.66. The van der Waals surface area contributed by atoms with E-state index in [0.717, 1.165) is 0 Å². The summed E-state index contributed by atoms with van der Waals surface area (Å²) < 4.78 is 27.4. The maximum absolute atomic E-state index is 12.2. The maximum atomic E-state index is 12.2. The zero-order valence-corrected chi connectivity index (χ0v) is 12.6. The number of anilines is 2. The Morgan fingerprint density at radius 3 is 2.78 bits per heavy atom. The summed E-state index contributed by atoms with van der Waals surface area (Å²) in [5.41, 5.74) is 6.69. The lowest BCUT2D eigenvalue weighted by molar-refractivity contribution is 0.600. The standard InChI is InChI=1S/C10H10BrN3O2S2/c1-6-4-7(11)8(12)5-9(6)18(15,16)14-10-13-2-3-17-10/h2-5H,12H2,1H3,(H,13,14). The number of nitrogens with zero attached hydrogens (tertiary/aromatic N) is 1. The Labute approximate surface area is 117 Å². The molecule has 0 unspecified atom stereocenters. The van der Waals surface area contributed by atoms with Crippen LogP contribution in [0, 0.1) is 6.92 Å². The van der Waals surface area contributed by atoms with Crippen LogP contribution in [0.15, 0.2) is 33.1 Å². The summed E-state index contributed by atoms with van der Waals surface area (Å²) >= 11 is 4.47. The maximum Gasteiger partial charge on any atom is 0.264 e. The third-order valence-electron chi connectivity index (χ3n) is 2.24. The Morgan fingerprint density at radius 2 is 2.17 bits per heavy atom. The van der Waals surface area contributed by atoms with Crippen molar-refractivity contribution in [2.45, 2.75) is 11.8 Å². The van der Waals surface area contributed by atoms with Crippen molar-refractivity contribution >= 4 is 48.1 Å². The minimum atomic E-state index is -3.66. The molecule has 96 valence electrons. The summed E-state index contributed by atoms with van der Waals surface area (Å²) in [4.78, 5) is 4.04. The van der Waals surface area contributed by atoms with Crippen LogP contribution in [0.1, 0.15) is 5.56 Å². The highest BCUT2D eigenvalue weighted by Crippen LogP contribution is 2.28. The van der Waals surface area contributed by atoms with Crippen molar-refractivity contribution in [1.29, 1.82) is 0 Å². The molecule has 0 aliphatic carbocycles. The van der Waals surface area contributed by atoms with Gasteiger partial charge in [0.1, 0.15) is 0 Å². The van der Waals surface area contributed by atoms with Crippen LogP contribution in [-0.4, -0.2) is 13.4 Å². The fourth-order valence-electron chi connectivity index (χ4n) is 1.40. The molecule has 0 atom stereocenters. The van der Waals surface area contributed by atoms with Gasteiger partial charge in [-0.3, -0.25) is 4.72 Å². The summed E-state index contributed by atoms with van der Waals surface area (Å²) in [6.07, 6.45) is 1.53. The number of hydrogen-bond donors (Lipinski definition) is 2. The van der Waals surface area contributed by atoms with E-state index >= 15 is 0 Å². The van der Waals surface area contributed by atoms with E-state index < -0.39 is 10.0 Å². The Bertz CT molecular complexity index is 669. The first kappa shape index (κ1) is 13.3. The van der Waals surface area contributed by atoms with Crippen molar-refractivity contribution < 1.29 is 8.42 Å². The summed E-state index contributed by atoms with van der Waals surface area (Å²) in [5, 5.41) is 2.02. The fourth-order valence-corrected chi connectivity index (χ4v) is 3.91. The molecule has 0 aliphatic heterocycles. The molecule has 0 amide bonds. The van der Waals surface area contributed by atoms with Crippen LogP contribution in [0.5, 0.6) is 0 Å². The molecular weight excluding hydrogens is 338 g/mol. The summed E-state index contributed by atoms with van der Waals surface area (Å²) in [6, 6.07) is 3.10. The van der Waals surface area contributed by atoms with E-state index in [1.54, 1.807) is 18.4 Å². The Balaban J connectivity index is 2.44. The van der Waals surface area contributed by atoms with Gasteiger partial charge < -0.3 is 5.73 Å². The summed E-state index contributed by atoms with van der Waals surface area (Å²) in [6.45, 7) is 1.71. The van der Waals surface area contributed by atoms with Crippen molar-refractivity contribution in [3.63, 3.8) is 0 Å². The molecule has 2 rings (SSSR count). The van der Waals surface area contributed by atoms with Gasteiger partial charge >= 0.3 is 0 Å². The van der Waals surface area contributed by atoms with Crippen molar-refractivity contribution in [2.24, 2.45) is 0 Å². The van der Waals surface area contributed by atoms with Crippen LogP contribution < -0.4 is 10.5 Å². The van der Waals surface area contributed by atoms with E-state index in [2.05, 4.69) is 25.6 Å². The molecule has 3 N–H and O–H groups in total. The molecule has 0 radical (unpaired) electrons. The van der Waals surface area contributed by atoms with E-state index in [1.807, 2.05) is 0 Å². The van der Waals surface area contributed by atoms with Gasteiger partial charge in [-0.05, 0) is 40.5 Å². The van der Waals surface area contributed by atoms with E-state index in [0.29, 0.717) is 20.9 Å². The highest BCUT2D eigenvalue weighted by atomic mass is 79.9. The van der Waals surface area contributed by atoms with E-state index in [9.17, 15) is 8.42 Å². The van der Waals surface area contributed by atoms with Gasteiger partial charge in [0, 0.05) is 21.7 Å². The quantitative estimate of drug-likeness (QED) is 0.835. The van der Waals surface area contributed by atoms with Crippen molar-refractivity contribution in [3.05, 3.63) is 33.7 Å². The third kappa shape index (κ3) is 2.65. The van der Waals surface area contributed by atoms with E-state index in [4.69, 9.17) is 5.73 Å². The van der Waals surface area contributed by atoms with Gasteiger partial charge in [0.25, 0.3) is 10.0 Å². The number of aromatic nitrogens is 1. The zero-order chi connectivity index (χ0) is 13.3. The zero-order valence-electron chi connectivity index (χ0n) is 9.34. The first-order chi connectivity index (χ1) is 8.40. The minimum absolute atomic E-state index is 0.151. The topological polar surface area (TPSA) is 85.1 Å². The molecule has 1 heterocycles. The fraction of sp³-hybridized carbons (Fsp3) is 0.100. The molecule has 8 heteroatoms. The molecule has 2 aromatic rings. The van der Waals surface area contributed by atoms with Gasteiger partial charge in [0.05, 0.1) is 4.90 Å². The molecule has 0 aliphatic rings. The van der Waals surface area contributed by atoms with Gasteiger partial charge in [-0.15, -0.1) is 11.3 Å². The number of rotatable bonds is 3. The number of halogens is 1. The molecular formula is C10H10BrN3O2S2. The average Bonchev–Trinajstić information content (AvgIpc) is 2.75. The van der Waals surface area contributed by atoms with E-state index in [-0.39, 0.29) is 4.90 Å². The SMILES string of the molecule is Cc1cc(Br)c(N)cc1S(=O)(=O)Nc1nccs1. The van der Waals surface area contributed by atoms with E-state index in [1.165, 1.54) is 23.6 Å². The average molecular weight is 348 g/mol. The number of sulfonamides is 1. The highest BCUT2D eigenvalue weighted by molar-refractivity contribution is 9.10. The van der Waals surface area contributed by atoms with Gasteiger partial charge in [0.15, 0.2) is 5.13 Å². The van der Waals surface area contributed by atoms with Crippen LogP contribution >= 0.6 is 27.3 Å². The second-order valence-corrected chi connectivity index (χ2v) is 6.98. The second-order valence-electron chi connectivity index (χ2n) is 3.58. The second kappa shape index (κ2) is 4.87. The number of hydrogen-bond acceptors (Lipinski definition) is 5. The molecule has 0 fully saturated rings. The van der Waals surface area contributed by atoms with Gasteiger partial charge in [0.2, 0.25) is 0 Å². The Hall–Kier alpha value is -1.12. The van der Waals surface area contributed by atoms with Gasteiger partial charge in [-0.1, -0.05) is 0 Å². The normalized spacial score (nSPS) is 11.4. The molecule has 1 aromatic heterocycles. The minimum Gasteiger partial charge on any atom is -0.398 e. The van der Waals surface area contributed by atoms with Crippen LogP contribution in [0.25, 0.3) is 0 Å². The molecule has 18 heavy (non-hydrogen) atoms. The number of nitrogen functional groups attached to an aromatic ring is 1. The van der Waals surface area contributed by atoms with Gasteiger partial charge in [-0.2, -0.15) is 0 Å². The lowest BCUT2D eigenvalue weighted by Gasteiger charge is -2.10. The van der Waals surface area contributed by atoms with Crippen LogP contribution in [0.4, 0.5) is 10.8 Å². The predicted molar refractivity (Wildman–Crippen MR) is 76.2 cm³/mol. The monoisotopic (exact) mass is 347 g/mol. The lowest BCUT2D eigenvalue weighted by Crippen LogP contribution is -2.14. The highest BCUT2D eigenvalue weighted by Gasteiger charge is 2.19. The smallest absolute Gasteiger partial charge is 0.264 e. The number of thiazole rings is 1. The number of nitrogens with two attached hydrogens (primary N) is 1. The first-order valence-corrected chi connectivity index (χ1v) is 8.03. The van der Waals surface area contributed by atoms with Crippen molar-refractivity contribution in [1.82, 2.24) is 4.98 Å². The Morgan fingerprint density at radius 1 is 1.44 bits per heavy atom. The summed E-state index contributed by atoms with van der Waals surface area (Å²) in [5.74, 6) is 0. The first-order valence-electron chi connectivity index (χ1n) is 4.88. The largest absolute Gasteiger partial charge is 0.398 e. The molecule has 0 spiro atoms. The van der Waals surface area contributed by atoms with Crippen molar-refractivity contribution in [3.8, 4) is 0 Å². The molecule has 0 saturated carbocycles. The number of nitrogens with one attached hydrogen (secondary N) is 1. The molecule has 0 bridgehead atoms. The van der Waals surface area contributed by atoms with Crippen molar-refractivity contribution in [2.75, 3.05) is 10.5 Å². The number of aryl methyl sites for hydroxylation is 1. The number of benzene rings is 1. The molecule has 5 nitrogen and oxygen atoms in total. The lowest BCUT2D eigenvalue weighted by atomic mass is 10.2. The predicted octanol–water partition coefficient (Wildman–Crippen LogP) is 2.60. The molecule has 1 aromatic carbocycles.